The Hall–Kier alpha value is -0.540. The van der Waals surface area contributed by atoms with Crippen molar-refractivity contribution in [2.24, 2.45) is 0 Å². The van der Waals surface area contributed by atoms with Crippen LogP contribution in [0.1, 0.15) is 16.7 Å². The number of phenols is 1. The minimum atomic E-state index is 0. The number of aromatic hydroxyl groups is 1. The number of rotatable bonds is 0. The number of aryl methyl sites for hydroxylation is 1. The van der Waals surface area contributed by atoms with Crippen LogP contribution >= 0.6 is 17.0 Å². The topological polar surface area (TPSA) is 32.3 Å². The third-order valence-corrected chi connectivity index (χ3v) is 2.42. The molecule has 0 aliphatic carbocycles. The summed E-state index contributed by atoms with van der Waals surface area (Å²) in [6, 6.07) is 3.70. The number of phenolic OH excluding ortho intramolecular Hbond substituents is 1. The Labute approximate surface area is 88.7 Å². The van der Waals surface area contributed by atoms with E-state index in [1.165, 1.54) is 16.7 Å². The Kier molecular flexibility index (Phi) is 3.33. The molecule has 0 atom stereocenters. The molecule has 13 heavy (non-hydrogen) atoms. The molecule has 3 heteroatoms. The quantitative estimate of drug-likeness (QED) is 0.730. The first kappa shape index (κ1) is 10.5. The molecular weight excluding hydrogens is 230 g/mol. The van der Waals surface area contributed by atoms with E-state index in [1.54, 1.807) is 0 Å². The van der Waals surface area contributed by atoms with Gasteiger partial charge in [-0.1, -0.05) is 0 Å². The molecule has 0 spiro atoms. The third kappa shape index (κ3) is 2.03. The van der Waals surface area contributed by atoms with Crippen molar-refractivity contribution in [3.63, 3.8) is 0 Å². The molecule has 72 valence electrons. The minimum absolute atomic E-state index is 0. The molecule has 0 fully saturated rings. The van der Waals surface area contributed by atoms with Crippen LogP contribution in [0.5, 0.6) is 5.75 Å². The van der Waals surface area contributed by atoms with Crippen molar-refractivity contribution in [1.82, 2.24) is 5.32 Å². The maximum Gasteiger partial charge on any atom is 0.116 e. The SMILES string of the molecule is Br.Cc1cc(O)cc2c1CNCC2. The fraction of sp³-hybridized carbons (Fsp3) is 0.400. The maximum absolute atomic E-state index is 9.35. The zero-order chi connectivity index (χ0) is 8.55. The summed E-state index contributed by atoms with van der Waals surface area (Å²) >= 11 is 0. The van der Waals surface area contributed by atoms with E-state index in [0.29, 0.717) is 5.75 Å². The van der Waals surface area contributed by atoms with Crippen molar-refractivity contribution < 1.29 is 5.11 Å². The van der Waals surface area contributed by atoms with Gasteiger partial charge in [-0.25, -0.2) is 0 Å². The fourth-order valence-corrected chi connectivity index (χ4v) is 1.78. The molecule has 2 N–H and O–H groups in total. The van der Waals surface area contributed by atoms with Gasteiger partial charge in [0.05, 0.1) is 0 Å². The summed E-state index contributed by atoms with van der Waals surface area (Å²) in [6.07, 6.45) is 1.03. The van der Waals surface area contributed by atoms with Gasteiger partial charge in [-0.3, -0.25) is 0 Å². The Bertz CT molecular complexity index is 312. The fourth-order valence-electron chi connectivity index (χ4n) is 1.78. The second-order valence-corrected chi connectivity index (χ2v) is 3.33. The number of benzene rings is 1. The van der Waals surface area contributed by atoms with Gasteiger partial charge in [0, 0.05) is 6.54 Å². The maximum atomic E-state index is 9.35. The lowest BCUT2D eigenvalue weighted by atomic mass is 9.96. The summed E-state index contributed by atoms with van der Waals surface area (Å²) < 4.78 is 0. The minimum Gasteiger partial charge on any atom is -0.508 e. The van der Waals surface area contributed by atoms with E-state index in [2.05, 4.69) is 5.32 Å². The Balaban J connectivity index is 0.000000845. The molecule has 1 aliphatic heterocycles. The van der Waals surface area contributed by atoms with Crippen LogP contribution < -0.4 is 5.32 Å². The molecule has 0 unspecified atom stereocenters. The molecule has 1 aromatic rings. The van der Waals surface area contributed by atoms with Crippen LogP contribution in [-0.2, 0) is 13.0 Å². The van der Waals surface area contributed by atoms with Crippen molar-refractivity contribution in [2.75, 3.05) is 6.54 Å². The van der Waals surface area contributed by atoms with Crippen LogP contribution in [0.15, 0.2) is 12.1 Å². The summed E-state index contributed by atoms with van der Waals surface area (Å²) in [7, 11) is 0. The van der Waals surface area contributed by atoms with Crippen molar-refractivity contribution in [3.8, 4) is 5.75 Å². The molecular formula is C10H14BrNO. The summed E-state index contributed by atoms with van der Waals surface area (Å²) in [4.78, 5) is 0. The number of fused-ring (bicyclic) bond motifs is 1. The second-order valence-electron chi connectivity index (χ2n) is 3.33. The van der Waals surface area contributed by atoms with Crippen LogP contribution in [0.4, 0.5) is 0 Å². The molecule has 1 heterocycles. The summed E-state index contributed by atoms with van der Waals surface area (Å²) in [5, 5.41) is 12.7. The van der Waals surface area contributed by atoms with E-state index < -0.39 is 0 Å². The molecule has 0 saturated heterocycles. The average molecular weight is 244 g/mol. The van der Waals surface area contributed by atoms with Crippen LogP contribution in [0, 0.1) is 6.92 Å². The van der Waals surface area contributed by atoms with Crippen molar-refractivity contribution in [2.45, 2.75) is 19.9 Å². The summed E-state index contributed by atoms with van der Waals surface area (Å²) in [5.41, 5.74) is 3.85. The first-order valence-electron chi connectivity index (χ1n) is 4.29. The van der Waals surface area contributed by atoms with Gasteiger partial charge in [0.2, 0.25) is 0 Å². The monoisotopic (exact) mass is 243 g/mol. The second kappa shape index (κ2) is 4.11. The van der Waals surface area contributed by atoms with Crippen molar-refractivity contribution in [3.05, 3.63) is 28.8 Å². The standard InChI is InChI=1S/C10H13NO.BrH/c1-7-4-9(12)5-8-2-3-11-6-10(7)8;/h4-5,11-12H,2-3,6H2,1H3;1H. The highest BCUT2D eigenvalue weighted by Gasteiger charge is 2.11. The van der Waals surface area contributed by atoms with Crippen LogP contribution in [0.25, 0.3) is 0 Å². The van der Waals surface area contributed by atoms with E-state index in [-0.39, 0.29) is 17.0 Å². The molecule has 2 nitrogen and oxygen atoms in total. The van der Waals surface area contributed by atoms with Gasteiger partial charge >= 0.3 is 0 Å². The molecule has 1 aliphatic rings. The summed E-state index contributed by atoms with van der Waals surface area (Å²) in [5.74, 6) is 0.396. The van der Waals surface area contributed by atoms with E-state index in [1.807, 2.05) is 19.1 Å². The predicted octanol–water partition coefficient (Wildman–Crippen LogP) is 1.92. The molecule has 0 bridgehead atoms. The van der Waals surface area contributed by atoms with Gasteiger partial charge in [-0.05, 0) is 48.7 Å². The molecule has 0 aromatic heterocycles. The smallest absolute Gasteiger partial charge is 0.116 e. The number of nitrogens with one attached hydrogen (secondary N) is 1. The lowest BCUT2D eigenvalue weighted by Gasteiger charge is -2.19. The zero-order valence-corrected chi connectivity index (χ0v) is 9.34. The number of hydrogen-bond acceptors (Lipinski definition) is 2. The third-order valence-electron chi connectivity index (χ3n) is 2.42. The van der Waals surface area contributed by atoms with Gasteiger partial charge < -0.3 is 10.4 Å². The lowest BCUT2D eigenvalue weighted by molar-refractivity contribution is 0.472. The number of hydrogen-bond donors (Lipinski definition) is 2. The predicted molar refractivity (Wildman–Crippen MR) is 58.6 cm³/mol. The molecule has 0 amide bonds. The van der Waals surface area contributed by atoms with E-state index in [0.717, 1.165) is 19.5 Å². The van der Waals surface area contributed by atoms with E-state index >= 15 is 0 Å². The van der Waals surface area contributed by atoms with Gasteiger partial charge in [0.25, 0.3) is 0 Å². The van der Waals surface area contributed by atoms with Gasteiger partial charge in [0.15, 0.2) is 0 Å². The first-order chi connectivity index (χ1) is 5.77. The van der Waals surface area contributed by atoms with Gasteiger partial charge in [-0.2, -0.15) is 0 Å². The van der Waals surface area contributed by atoms with Crippen LogP contribution in [0.2, 0.25) is 0 Å². The van der Waals surface area contributed by atoms with E-state index in [4.69, 9.17) is 0 Å². The lowest BCUT2D eigenvalue weighted by Crippen LogP contribution is -2.24. The highest BCUT2D eigenvalue weighted by atomic mass is 79.9. The Morgan fingerprint density at radius 1 is 1.38 bits per heavy atom. The number of halogens is 1. The normalized spacial score (nSPS) is 14.5. The van der Waals surface area contributed by atoms with E-state index in [9.17, 15) is 5.11 Å². The molecule has 1 aromatic carbocycles. The van der Waals surface area contributed by atoms with Crippen LogP contribution in [0.3, 0.4) is 0 Å². The Morgan fingerprint density at radius 3 is 2.92 bits per heavy atom. The molecule has 0 saturated carbocycles. The highest BCUT2D eigenvalue weighted by Crippen LogP contribution is 2.23. The summed E-state index contributed by atoms with van der Waals surface area (Å²) in [6.45, 7) is 4.02. The zero-order valence-electron chi connectivity index (χ0n) is 7.63. The first-order valence-corrected chi connectivity index (χ1v) is 4.29. The molecule has 2 rings (SSSR count). The van der Waals surface area contributed by atoms with Crippen LogP contribution in [-0.4, -0.2) is 11.7 Å². The van der Waals surface area contributed by atoms with Crippen molar-refractivity contribution >= 4 is 17.0 Å². The largest absolute Gasteiger partial charge is 0.508 e. The van der Waals surface area contributed by atoms with Gasteiger partial charge in [-0.15, -0.1) is 17.0 Å². The Morgan fingerprint density at radius 2 is 2.15 bits per heavy atom. The highest BCUT2D eigenvalue weighted by molar-refractivity contribution is 8.93. The average Bonchev–Trinajstić information content (AvgIpc) is 2.04. The van der Waals surface area contributed by atoms with Gasteiger partial charge in [0.1, 0.15) is 5.75 Å². The molecule has 0 radical (unpaired) electrons. The van der Waals surface area contributed by atoms with Crippen molar-refractivity contribution in [1.29, 1.82) is 0 Å².